The molecule has 1 amide bonds. The van der Waals surface area contributed by atoms with Gasteiger partial charge in [-0.15, -0.1) is 0 Å². The number of carbonyl (C=O) groups is 1. The number of piperidine rings is 1. The molecule has 3 aliphatic heterocycles. The zero-order valence-corrected chi connectivity index (χ0v) is 17.4. The molecule has 1 N–H and O–H groups in total. The second kappa shape index (κ2) is 7.40. The third-order valence-electron chi connectivity index (χ3n) is 6.44. The minimum Gasteiger partial charge on any atom is -0.454 e. The maximum atomic E-state index is 12.6. The SMILES string of the molecule is O=C(Nc1ccc(N2C[C@H]3C[C@@H](C2)c2cccc(=O)n2C3)nc1)c1ccc2c(c1)OCO2. The van der Waals surface area contributed by atoms with Crippen LogP contribution in [0.2, 0.25) is 0 Å². The number of aromatic nitrogens is 2. The Hall–Kier alpha value is -3.81. The normalized spacial score (nSPS) is 20.6. The number of nitrogens with zero attached hydrogens (tertiary/aromatic N) is 3. The number of anilines is 2. The van der Waals surface area contributed by atoms with Crippen LogP contribution in [0.1, 0.15) is 28.4 Å². The first-order chi connectivity index (χ1) is 15.6. The van der Waals surface area contributed by atoms with Gasteiger partial charge in [-0.25, -0.2) is 4.98 Å². The highest BCUT2D eigenvalue weighted by Gasteiger charge is 2.34. The van der Waals surface area contributed by atoms with Crippen LogP contribution in [-0.2, 0) is 6.54 Å². The molecule has 2 bridgehead atoms. The summed E-state index contributed by atoms with van der Waals surface area (Å²) in [4.78, 5) is 31.7. The van der Waals surface area contributed by atoms with Gasteiger partial charge in [-0.05, 0) is 48.7 Å². The van der Waals surface area contributed by atoms with Gasteiger partial charge in [-0.3, -0.25) is 9.59 Å². The molecule has 3 aliphatic rings. The molecule has 2 atom stereocenters. The maximum Gasteiger partial charge on any atom is 0.255 e. The van der Waals surface area contributed by atoms with Crippen molar-refractivity contribution in [3.8, 4) is 11.5 Å². The number of pyridine rings is 2. The number of nitrogens with one attached hydrogen (secondary N) is 1. The molecular formula is C24H22N4O4. The molecule has 2 aromatic heterocycles. The van der Waals surface area contributed by atoms with E-state index in [0.717, 1.165) is 37.6 Å². The summed E-state index contributed by atoms with van der Waals surface area (Å²) >= 11 is 0. The molecule has 3 aromatic rings. The Balaban J connectivity index is 1.16. The van der Waals surface area contributed by atoms with E-state index in [2.05, 4.69) is 21.3 Å². The van der Waals surface area contributed by atoms with Crippen LogP contribution in [0, 0.1) is 5.92 Å². The Morgan fingerprint density at radius 3 is 2.81 bits per heavy atom. The number of rotatable bonds is 3. The summed E-state index contributed by atoms with van der Waals surface area (Å²) in [5, 5.41) is 2.88. The third kappa shape index (κ3) is 3.28. The van der Waals surface area contributed by atoms with Crippen LogP contribution >= 0.6 is 0 Å². The monoisotopic (exact) mass is 430 g/mol. The first kappa shape index (κ1) is 18.9. The number of hydrogen-bond donors (Lipinski definition) is 1. The van der Waals surface area contributed by atoms with Gasteiger partial charge in [-0.2, -0.15) is 0 Å². The second-order valence-corrected chi connectivity index (χ2v) is 8.53. The van der Waals surface area contributed by atoms with Gasteiger partial charge in [0.1, 0.15) is 5.82 Å². The summed E-state index contributed by atoms with van der Waals surface area (Å²) in [6.45, 7) is 2.63. The molecule has 1 saturated heterocycles. The fraction of sp³-hybridized carbons (Fsp3) is 0.292. The second-order valence-electron chi connectivity index (χ2n) is 8.53. The van der Waals surface area contributed by atoms with Crippen LogP contribution in [0.3, 0.4) is 0 Å². The molecule has 0 unspecified atom stereocenters. The standard InChI is InChI=1S/C24H22N4O4/c29-23-3-1-2-19-17-8-15(12-28(19)23)11-27(13-17)22-7-5-18(10-25-22)26-24(30)16-4-6-20-21(9-16)32-14-31-20/h1-7,9-10,15,17H,8,11-14H2,(H,26,30)/t15-,17+/m1/s1. The van der Waals surface area contributed by atoms with Crippen LogP contribution in [0.5, 0.6) is 11.5 Å². The zero-order valence-electron chi connectivity index (χ0n) is 17.4. The summed E-state index contributed by atoms with van der Waals surface area (Å²) in [7, 11) is 0. The lowest BCUT2D eigenvalue weighted by molar-refractivity contribution is 0.102. The van der Waals surface area contributed by atoms with Gasteiger partial charge in [-0.1, -0.05) is 6.07 Å². The van der Waals surface area contributed by atoms with E-state index >= 15 is 0 Å². The van der Waals surface area contributed by atoms with Crippen LogP contribution < -0.4 is 25.2 Å². The number of ether oxygens (including phenoxy) is 2. The van der Waals surface area contributed by atoms with Gasteiger partial charge in [0.15, 0.2) is 11.5 Å². The van der Waals surface area contributed by atoms with Gasteiger partial charge in [0.25, 0.3) is 11.5 Å². The smallest absolute Gasteiger partial charge is 0.255 e. The quantitative estimate of drug-likeness (QED) is 0.688. The number of amides is 1. The summed E-state index contributed by atoms with van der Waals surface area (Å²) in [5.41, 5.74) is 2.33. The highest BCUT2D eigenvalue weighted by atomic mass is 16.7. The minimum absolute atomic E-state index is 0.0892. The zero-order chi connectivity index (χ0) is 21.7. The number of benzene rings is 1. The van der Waals surface area contributed by atoms with Crippen LogP contribution in [0.4, 0.5) is 11.5 Å². The first-order valence-corrected chi connectivity index (χ1v) is 10.8. The highest BCUT2D eigenvalue weighted by molar-refractivity contribution is 6.04. The molecule has 0 radical (unpaired) electrons. The molecule has 5 heterocycles. The van der Waals surface area contributed by atoms with Crippen molar-refractivity contribution in [3.63, 3.8) is 0 Å². The summed E-state index contributed by atoms with van der Waals surface area (Å²) in [5.74, 6) is 2.62. The third-order valence-corrected chi connectivity index (χ3v) is 6.44. The van der Waals surface area contributed by atoms with E-state index < -0.39 is 0 Å². The number of fused-ring (bicyclic) bond motifs is 5. The summed E-state index contributed by atoms with van der Waals surface area (Å²) in [6, 6.07) is 14.5. The van der Waals surface area contributed by atoms with E-state index in [-0.39, 0.29) is 18.3 Å². The number of hydrogen-bond acceptors (Lipinski definition) is 6. The molecule has 6 rings (SSSR count). The van der Waals surface area contributed by atoms with Crippen molar-refractivity contribution < 1.29 is 14.3 Å². The van der Waals surface area contributed by atoms with Crippen molar-refractivity contribution in [2.75, 3.05) is 30.1 Å². The maximum absolute atomic E-state index is 12.6. The molecule has 1 fully saturated rings. The Kier molecular flexibility index (Phi) is 4.38. The molecular weight excluding hydrogens is 408 g/mol. The lowest BCUT2D eigenvalue weighted by Gasteiger charge is -2.43. The lowest BCUT2D eigenvalue weighted by Crippen LogP contribution is -2.47. The van der Waals surface area contributed by atoms with E-state index in [9.17, 15) is 9.59 Å². The van der Waals surface area contributed by atoms with Crippen molar-refractivity contribution >= 4 is 17.4 Å². The van der Waals surface area contributed by atoms with E-state index in [0.29, 0.717) is 34.6 Å². The summed E-state index contributed by atoms with van der Waals surface area (Å²) < 4.78 is 12.6. The molecule has 0 aliphatic carbocycles. The molecule has 0 saturated carbocycles. The fourth-order valence-electron chi connectivity index (χ4n) is 4.97. The van der Waals surface area contributed by atoms with E-state index in [1.807, 2.05) is 22.8 Å². The van der Waals surface area contributed by atoms with Crippen molar-refractivity contribution in [1.82, 2.24) is 9.55 Å². The van der Waals surface area contributed by atoms with Crippen molar-refractivity contribution in [2.24, 2.45) is 5.92 Å². The predicted octanol–water partition coefficient (Wildman–Crippen LogP) is 2.85. The molecule has 162 valence electrons. The predicted molar refractivity (Wildman–Crippen MR) is 119 cm³/mol. The van der Waals surface area contributed by atoms with E-state index in [1.54, 1.807) is 30.5 Å². The first-order valence-electron chi connectivity index (χ1n) is 10.8. The fourth-order valence-corrected chi connectivity index (χ4v) is 4.97. The minimum atomic E-state index is -0.229. The molecule has 0 spiro atoms. The average Bonchev–Trinajstić information content (AvgIpc) is 3.28. The topological polar surface area (TPSA) is 85.7 Å². The molecule has 1 aromatic carbocycles. The van der Waals surface area contributed by atoms with Crippen LogP contribution in [-0.4, -0.2) is 35.3 Å². The van der Waals surface area contributed by atoms with Gasteiger partial charge < -0.3 is 24.3 Å². The molecule has 32 heavy (non-hydrogen) atoms. The Bertz CT molecular complexity index is 1250. The van der Waals surface area contributed by atoms with Crippen molar-refractivity contribution in [3.05, 3.63) is 76.3 Å². The van der Waals surface area contributed by atoms with Gasteiger partial charge >= 0.3 is 0 Å². The van der Waals surface area contributed by atoms with Gasteiger partial charge in [0, 0.05) is 42.9 Å². The van der Waals surface area contributed by atoms with E-state index in [4.69, 9.17) is 9.47 Å². The van der Waals surface area contributed by atoms with Gasteiger partial charge in [0.2, 0.25) is 6.79 Å². The van der Waals surface area contributed by atoms with Crippen LogP contribution in [0.15, 0.2) is 59.5 Å². The van der Waals surface area contributed by atoms with Gasteiger partial charge in [0.05, 0.1) is 11.9 Å². The lowest BCUT2D eigenvalue weighted by atomic mass is 9.83. The van der Waals surface area contributed by atoms with Crippen molar-refractivity contribution in [1.29, 1.82) is 0 Å². The molecule has 8 nitrogen and oxygen atoms in total. The highest BCUT2D eigenvalue weighted by Crippen LogP contribution is 2.36. The largest absolute Gasteiger partial charge is 0.454 e. The number of carbonyl (C=O) groups excluding carboxylic acids is 1. The molecule has 8 heteroatoms. The van der Waals surface area contributed by atoms with Crippen molar-refractivity contribution in [2.45, 2.75) is 18.9 Å². The van der Waals surface area contributed by atoms with E-state index in [1.165, 1.54) is 0 Å². The summed E-state index contributed by atoms with van der Waals surface area (Å²) in [6.07, 6.45) is 2.78. The Morgan fingerprint density at radius 2 is 1.94 bits per heavy atom. The van der Waals surface area contributed by atoms with Crippen LogP contribution in [0.25, 0.3) is 0 Å². The Morgan fingerprint density at radius 1 is 1.03 bits per heavy atom. The average molecular weight is 430 g/mol. The Labute approximate surface area is 184 Å².